The van der Waals surface area contributed by atoms with Gasteiger partial charge in [-0.15, -0.1) is 3.89 Å². The van der Waals surface area contributed by atoms with Crippen molar-refractivity contribution in [1.29, 1.82) is 0 Å². The smallest absolute Gasteiger partial charge is 0.291 e. The second kappa shape index (κ2) is 4.33. The van der Waals surface area contributed by atoms with Crippen LogP contribution in [0.2, 0.25) is 0 Å². The Balaban J connectivity index is 2.02. The highest BCUT2D eigenvalue weighted by Crippen LogP contribution is 2.25. The molecule has 0 aromatic heterocycles. The van der Waals surface area contributed by atoms with Gasteiger partial charge in [0, 0.05) is 24.6 Å². The lowest BCUT2D eigenvalue weighted by Gasteiger charge is -2.14. The predicted octanol–water partition coefficient (Wildman–Crippen LogP) is 0.237. The van der Waals surface area contributed by atoms with Gasteiger partial charge in [-0.2, -0.15) is 8.42 Å². The Hall–Kier alpha value is -0.630. The van der Waals surface area contributed by atoms with E-state index in [0.29, 0.717) is 11.7 Å². The van der Waals surface area contributed by atoms with Crippen molar-refractivity contribution in [2.24, 2.45) is 10.9 Å². The molecule has 1 amide bonds. The van der Waals surface area contributed by atoms with Crippen LogP contribution in [0.3, 0.4) is 0 Å². The van der Waals surface area contributed by atoms with Crippen LogP contribution >= 0.6 is 11.8 Å². The van der Waals surface area contributed by atoms with Crippen LogP contribution in [0.15, 0.2) is 4.99 Å². The fourth-order valence-corrected chi connectivity index (χ4v) is 3.51. The van der Waals surface area contributed by atoms with Gasteiger partial charge in [-0.05, 0) is 0 Å². The Kier molecular flexibility index (Phi) is 3.20. The number of carbonyl (C=O) groups is 1. The molecule has 5 nitrogen and oxygen atoms in total. The molecule has 0 aromatic carbocycles. The van der Waals surface area contributed by atoms with Crippen molar-refractivity contribution in [3.8, 4) is 0 Å². The number of hydrogen-bond acceptors (Lipinski definition) is 5. The summed E-state index contributed by atoms with van der Waals surface area (Å²) in [6, 6.07) is 0. The zero-order chi connectivity index (χ0) is 11.8. The summed E-state index contributed by atoms with van der Waals surface area (Å²) in [5.74, 6) is -0.355. The lowest BCUT2D eigenvalue weighted by molar-refractivity contribution is -0.124. The maximum Gasteiger partial charge on any atom is 0.302 e. The largest absolute Gasteiger partial charge is 0.302 e. The number of amides is 1. The number of halogens is 1. The first-order valence-corrected chi connectivity index (χ1v) is 7.39. The lowest BCUT2D eigenvalue weighted by atomic mass is 10.1. The maximum absolute atomic E-state index is 12.5. The topological polar surface area (TPSA) is 66.8 Å². The molecular weight excluding hydrogens is 255 g/mol. The van der Waals surface area contributed by atoms with Crippen LogP contribution < -0.4 is 0 Å². The number of aliphatic imine (C=N–C) groups is 1. The van der Waals surface area contributed by atoms with Crippen LogP contribution in [0.1, 0.15) is 6.42 Å². The normalized spacial score (nSPS) is 26.3. The van der Waals surface area contributed by atoms with Crippen molar-refractivity contribution in [1.82, 2.24) is 4.90 Å². The van der Waals surface area contributed by atoms with Crippen molar-refractivity contribution in [2.75, 3.05) is 24.6 Å². The van der Waals surface area contributed by atoms with Gasteiger partial charge in [0.15, 0.2) is 5.17 Å². The van der Waals surface area contributed by atoms with Gasteiger partial charge in [0.05, 0.1) is 12.3 Å². The van der Waals surface area contributed by atoms with Crippen molar-refractivity contribution in [2.45, 2.75) is 6.42 Å². The van der Waals surface area contributed by atoms with E-state index in [2.05, 4.69) is 4.99 Å². The Morgan fingerprint density at radius 3 is 2.88 bits per heavy atom. The molecule has 2 aliphatic heterocycles. The quantitative estimate of drug-likeness (QED) is 0.671. The molecule has 2 rings (SSSR count). The van der Waals surface area contributed by atoms with E-state index in [1.807, 2.05) is 0 Å². The number of rotatable bonds is 2. The van der Waals surface area contributed by atoms with Gasteiger partial charge < -0.3 is 0 Å². The molecule has 0 saturated carbocycles. The first-order valence-electron chi connectivity index (χ1n) is 4.85. The van der Waals surface area contributed by atoms with Crippen molar-refractivity contribution < 1.29 is 17.1 Å². The second-order valence-corrected chi connectivity index (χ2v) is 6.27. The molecule has 0 aromatic rings. The van der Waals surface area contributed by atoms with Crippen molar-refractivity contribution in [3.63, 3.8) is 0 Å². The SMILES string of the molecule is O=C1CC(CS(=O)(=O)F)CN1C1=NCCS1. The minimum atomic E-state index is -4.50. The second-order valence-electron chi connectivity index (χ2n) is 3.79. The van der Waals surface area contributed by atoms with Gasteiger partial charge in [0.2, 0.25) is 5.91 Å². The molecule has 2 aliphatic rings. The molecule has 0 aliphatic carbocycles. The summed E-state index contributed by atoms with van der Waals surface area (Å²) in [5, 5.41) is 0.642. The van der Waals surface area contributed by atoms with E-state index in [4.69, 9.17) is 0 Å². The fourth-order valence-electron chi connectivity index (χ4n) is 1.85. The van der Waals surface area contributed by atoms with Crippen LogP contribution in [-0.2, 0) is 15.0 Å². The van der Waals surface area contributed by atoms with E-state index >= 15 is 0 Å². The number of hydrogen-bond donors (Lipinski definition) is 0. The average molecular weight is 266 g/mol. The monoisotopic (exact) mass is 266 g/mol. The zero-order valence-electron chi connectivity index (χ0n) is 8.43. The van der Waals surface area contributed by atoms with Crippen LogP contribution in [0.4, 0.5) is 3.89 Å². The summed E-state index contributed by atoms with van der Waals surface area (Å²) in [6.07, 6.45) is 0.0860. The first kappa shape index (κ1) is 11.8. The van der Waals surface area contributed by atoms with Crippen molar-refractivity contribution >= 4 is 33.1 Å². The summed E-state index contributed by atoms with van der Waals surface area (Å²) in [4.78, 5) is 17.2. The van der Waals surface area contributed by atoms with E-state index in [0.717, 1.165) is 5.75 Å². The molecule has 1 saturated heterocycles. The minimum absolute atomic E-state index is 0.0860. The van der Waals surface area contributed by atoms with E-state index in [9.17, 15) is 17.1 Å². The van der Waals surface area contributed by atoms with Gasteiger partial charge in [0.1, 0.15) is 0 Å². The number of nitrogens with zero attached hydrogens (tertiary/aromatic N) is 2. The van der Waals surface area contributed by atoms with E-state index in [-0.39, 0.29) is 18.9 Å². The van der Waals surface area contributed by atoms with Gasteiger partial charge in [-0.25, -0.2) is 0 Å². The van der Waals surface area contributed by atoms with E-state index < -0.39 is 21.9 Å². The van der Waals surface area contributed by atoms with E-state index in [1.54, 1.807) is 0 Å². The number of likely N-dealkylation sites (tertiary alicyclic amines) is 1. The van der Waals surface area contributed by atoms with E-state index in [1.165, 1.54) is 16.7 Å². The van der Waals surface area contributed by atoms with Gasteiger partial charge in [-0.3, -0.25) is 14.7 Å². The van der Waals surface area contributed by atoms with Crippen LogP contribution in [-0.4, -0.2) is 49.0 Å². The third-order valence-electron chi connectivity index (χ3n) is 2.44. The molecular formula is C8H11FN2O3S2. The molecule has 0 bridgehead atoms. The lowest BCUT2D eigenvalue weighted by Crippen LogP contribution is -2.29. The highest BCUT2D eigenvalue weighted by Gasteiger charge is 2.36. The average Bonchev–Trinajstić information content (AvgIpc) is 2.71. The molecule has 1 fully saturated rings. The molecule has 8 heteroatoms. The Bertz CT molecular complexity index is 435. The molecule has 1 unspecified atom stereocenters. The summed E-state index contributed by atoms with van der Waals surface area (Å²) < 4.78 is 33.5. The summed E-state index contributed by atoms with van der Waals surface area (Å²) in [6.45, 7) is 0.934. The molecule has 0 spiro atoms. The Labute approximate surface area is 97.3 Å². The van der Waals surface area contributed by atoms with Gasteiger partial charge in [-0.1, -0.05) is 11.8 Å². The predicted molar refractivity (Wildman–Crippen MR) is 59.5 cm³/mol. The number of thioether (sulfide) groups is 1. The summed E-state index contributed by atoms with van der Waals surface area (Å²) >= 11 is 1.48. The van der Waals surface area contributed by atoms with Gasteiger partial charge in [0.25, 0.3) is 0 Å². The van der Waals surface area contributed by atoms with Crippen LogP contribution in [0.25, 0.3) is 0 Å². The maximum atomic E-state index is 12.5. The molecule has 1 atom stereocenters. The molecule has 2 heterocycles. The minimum Gasteiger partial charge on any atom is -0.291 e. The zero-order valence-corrected chi connectivity index (χ0v) is 10.1. The molecule has 0 N–H and O–H groups in total. The first-order chi connectivity index (χ1) is 7.46. The van der Waals surface area contributed by atoms with Crippen molar-refractivity contribution in [3.05, 3.63) is 0 Å². The van der Waals surface area contributed by atoms with Gasteiger partial charge >= 0.3 is 10.2 Å². The highest BCUT2D eigenvalue weighted by molar-refractivity contribution is 8.14. The molecule has 90 valence electrons. The fraction of sp³-hybridized carbons (Fsp3) is 0.750. The molecule has 16 heavy (non-hydrogen) atoms. The third-order valence-corrected chi connectivity index (χ3v) is 4.30. The number of carbonyl (C=O) groups excluding carboxylic acids is 1. The highest BCUT2D eigenvalue weighted by atomic mass is 32.3. The molecule has 0 radical (unpaired) electrons. The Morgan fingerprint density at radius 2 is 2.31 bits per heavy atom. The Morgan fingerprint density at radius 1 is 1.56 bits per heavy atom. The summed E-state index contributed by atoms with van der Waals surface area (Å²) in [7, 11) is -4.50. The van der Waals surface area contributed by atoms with Crippen LogP contribution in [0.5, 0.6) is 0 Å². The summed E-state index contributed by atoms with van der Waals surface area (Å²) in [5.41, 5.74) is 0. The van der Waals surface area contributed by atoms with Crippen LogP contribution in [0, 0.1) is 5.92 Å². The third kappa shape index (κ3) is 2.73. The number of amidine groups is 1. The standard InChI is InChI=1S/C8H11FN2O3S2/c9-16(13,14)5-6-3-7(12)11(4-6)8-10-1-2-15-8/h6H,1-5H2.